The van der Waals surface area contributed by atoms with Crippen LogP contribution in [-0.2, 0) is 32.6 Å². The van der Waals surface area contributed by atoms with Crippen LogP contribution in [0.2, 0.25) is 0 Å². The quantitative estimate of drug-likeness (QED) is 0.200. The van der Waals surface area contributed by atoms with E-state index in [1.165, 1.54) is 12.3 Å². The van der Waals surface area contributed by atoms with Crippen LogP contribution in [0.3, 0.4) is 0 Å². The first-order valence-electron chi connectivity index (χ1n) is 13.7. The lowest BCUT2D eigenvalue weighted by Crippen LogP contribution is -2.28. The predicted octanol–water partition coefficient (Wildman–Crippen LogP) is 5.64. The van der Waals surface area contributed by atoms with Crippen molar-refractivity contribution >= 4 is 27.8 Å². The average molecular weight is 672 g/mol. The third-order valence-electron chi connectivity index (χ3n) is 6.77. The first-order valence-corrected chi connectivity index (χ1v) is 15.2. The van der Waals surface area contributed by atoms with Crippen molar-refractivity contribution in [2.75, 3.05) is 11.8 Å². The molecule has 1 amide bonds. The first kappa shape index (κ1) is 34.4. The average Bonchev–Trinajstić information content (AvgIpc) is 3.68. The number of amides is 1. The summed E-state index contributed by atoms with van der Waals surface area (Å²) < 4.78 is 72.1. The second-order valence-electron chi connectivity index (χ2n) is 10.1. The summed E-state index contributed by atoms with van der Waals surface area (Å²) in [6.07, 6.45) is -0.275. The molecule has 5 aromatic rings. The number of oxazole rings is 1. The van der Waals surface area contributed by atoms with Gasteiger partial charge in [0.25, 0.3) is 10.0 Å². The number of aromatic nitrogens is 3. The Labute approximate surface area is 266 Å². The number of alkyl halides is 3. The monoisotopic (exact) mass is 671 g/mol. The van der Waals surface area contributed by atoms with Gasteiger partial charge in [-0.25, -0.2) is 22.9 Å². The summed E-state index contributed by atoms with van der Waals surface area (Å²) in [5, 5.41) is 11.0. The van der Waals surface area contributed by atoms with E-state index in [0.29, 0.717) is 45.1 Å². The van der Waals surface area contributed by atoms with E-state index in [4.69, 9.17) is 18.8 Å². The Bertz CT molecular complexity index is 1960. The molecule has 0 aliphatic carbocycles. The number of carboxylic acids is 1. The maximum Gasteiger partial charge on any atom is 0.490 e. The van der Waals surface area contributed by atoms with Gasteiger partial charge in [-0.3, -0.25) is 9.78 Å². The molecule has 16 heteroatoms. The van der Waals surface area contributed by atoms with Gasteiger partial charge in [0.05, 0.1) is 23.2 Å². The van der Waals surface area contributed by atoms with Crippen LogP contribution in [0.25, 0.3) is 22.6 Å². The van der Waals surface area contributed by atoms with Crippen LogP contribution in [0.4, 0.5) is 19.1 Å². The number of rotatable bonds is 9. The predicted molar refractivity (Wildman–Crippen MR) is 162 cm³/mol. The summed E-state index contributed by atoms with van der Waals surface area (Å²) in [7, 11) is -2.36. The molecule has 0 atom stereocenters. The van der Waals surface area contributed by atoms with Crippen molar-refractivity contribution in [3.8, 4) is 22.6 Å². The molecule has 0 spiro atoms. The molecule has 3 heterocycles. The van der Waals surface area contributed by atoms with Crippen LogP contribution >= 0.6 is 0 Å². The van der Waals surface area contributed by atoms with E-state index >= 15 is 0 Å². The van der Waals surface area contributed by atoms with Gasteiger partial charge >= 0.3 is 12.1 Å². The topological polar surface area (TPSA) is 169 Å². The van der Waals surface area contributed by atoms with Crippen molar-refractivity contribution in [1.82, 2.24) is 20.0 Å². The van der Waals surface area contributed by atoms with Gasteiger partial charge in [0, 0.05) is 42.2 Å². The van der Waals surface area contributed by atoms with Crippen molar-refractivity contribution in [3.05, 3.63) is 102 Å². The number of nitrogens with zero attached hydrogens (tertiary/aromatic N) is 4. The van der Waals surface area contributed by atoms with Gasteiger partial charge in [-0.1, -0.05) is 35.5 Å². The number of aryl methyl sites for hydroxylation is 1. The van der Waals surface area contributed by atoms with E-state index in [9.17, 15) is 26.4 Å². The number of halogens is 3. The molecular formula is C31H28F3N5O7S. The molecular weight excluding hydrogens is 643 g/mol. The van der Waals surface area contributed by atoms with Crippen molar-refractivity contribution in [3.63, 3.8) is 0 Å². The number of carbonyl (C=O) groups is 2. The third-order valence-corrected chi connectivity index (χ3v) is 8.16. The number of sulfonamides is 1. The lowest BCUT2D eigenvalue weighted by molar-refractivity contribution is -0.192. The van der Waals surface area contributed by atoms with Crippen LogP contribution in [0.1, 0.15) is 22.5 Å². The molecule has 0 radical (unpaired) electrons. The van der Waals surface area contributed by atoms with Gasteiger partial charge in [0.2, 0.25) is 17.7 Å². The molecule has 5 rings (SSSR count). The van der Waals surface area contributed by atoms with Crippen molar-refractivity contribution in [2.24, 2.45) is 0 Å². The van der Waals surface area contributed by atoms with Crippen molar-refractivity contribution < 1.29 is 45.2 Å². The van der Waals surface area contributed by atoms with Gasteiger partial charge in [-0.05, 0) is 55.3 Å². The highest BCUT2D eigenvalue weighted by molar-refractivity contribution is 7.92. The summed E-state index contributed by atoms with van der Waals surface area (Å²) in [6.45, 7) is 3.67. The zero-order valence-electron chi connectivity index (χ0n) is 25.1. The minimum atomic E-state index is -5.08. The molecule has 0 saturated heterocycles. The smallest absolute Gasteiger partial charge is 0.475 e. The number of likely N-dealkylation sites (N-methyl/N-ethyl adjacent to an activating group) is 1. The summed E-state index contributed by atoms with van der Waals surface area (Å²) in [5.74, 6) is -2.42. The van der Waals surface area contributed by atoms with Crippen LogP contribution in [0, 0.1) is 13.8 Å². The van der Waals surface area contributed by atoms with Gasteiger partial charge < -0.3 is 18.9 Å². The Morgan fingerprint density at radius 1 is 0.979 bits per heavy atom. The van der Waals surface area contributed by atoms with E-state index in [0.717, 1.165) is 0 Å². The maximum absolute atomic E-state index is 13.6. The number of hydrogen-bond acceptors (Lipinski definition) is 9. The number of benzene rings is 2. The van der Waals surface area contributed by atoms with Crippen LogP contribution in [-0.4, -0.2) is 58.6 Å². The largest absolute Gasteiger partial charge is 0.490 e. The molecule has 12 nitrogen and oxygen atoms in total. The van der Waals surface area contributed by atoms with Gasteiger partial charge in [0.15, 0.2) is 0 Å². The van der Waals surface area contributed by atoms with Gasteiger partial charge in [-0.2, -0.15) is 13.2 Å². The molecule has 2 N–H and O–H groups in total. The highest BCUT2D eigenvalue weighted by Gasteiger charge is 2.38. The van der Waals surface area contributed by atoms with E-state index in [1.807, 2.05) is 18.2 Å². The van der Waals surface area contributed by atoms with Crippen molar-refractivity contribution in [1.29, 1.82) is 0 Å². The summed E-state index contributed by atoms with van der Waals surface area (Å²) >= 11 is 0. The highest BCUT2D eigenvalue weighted by Crippen LogP contribution is 2.34. The Morgan fingerprint density at radius 3 is 2.28 bits per heavy atom. The van der Waals surface area contributed by atoms with Crippen LogP contribution in [0.15, 0.2) is 93.2 Å². The van der Waals surface area contributed by atoms with Crippen LogP contribution in [0.5, 0.6) is 0 Å². The van der Waals surface area contributed by atoms with Crippen molar-refractivity contribution in [2.45, 2.75) is 37.9 Å². The van der Waals surface area contributed by atoms with Gasteiger partial charge in [-0.15, -0.1) is 0 Å². The SMILES string of the molecule is Cc1noc(NS(=O)(=O)c2ccccc2-c2ccc(-c3ncco3)cc2CN(C)C(=O)Cc2ccccn2)c1C.O=C(O)C(F)(F)F. The Hall–Kier alpha value is -5.51. The number of aliphatic carboxylic acids is 1. The lowest BCUT2D eigenvalue weighted by atomic mass is 9.96. The number of carboxylic acid groups (broad SMARTS) is 1. The fourth-order valence-electron chi connectivity index (χ4n) is 4.23. The Balaban J connectivity index is 0.000000644. The van der Waals surface area contributed by atoms with E-state index < -0.39 is 22.2 Å². The molecule has 0 unspecified atom stereocenters. The third kappa shape index (κ3) is 8.61. The summed E-state index contributed by atoms with van der Waals surface area (Å²) in [5.41, 5.74) is 4.36. The molecule has 2 aromatic carbocycles. The van der Waals surface area contributed by atoms with E-state index in [-0.39, 0.29) is 29.7 Å². The summed E-state index contributed by atoms with van der Waals surface area (Å²) in [4.78, 5) is 32.1. The van der Waals surface area contributed by atoms with E-state index in [1.54, 1.807) is 74.6 Å². The number of nitrogens with one attached hydrogen (secondary N) is 1. The molecule has 0 aliphatic rings. The maximum atomic E-state index is 13.6. The Morgan fingerprint density at radius 2 is 1.68 bits per heavy atom. The number of carbonyl (C=O) groups excluding carboxylic acids is 1. The fourth-order valence-corrected chi connectivity index (χ4v) is 5.50. The molecule has 3 aromatic heterocycles. The van der Waals surface area contributed by atoms with Crippen LogP contribution < -0.4 is 4.72 Å². The lowest BCUT2D eigenvalue weighted by Gasteiger charge is -2.21. The molecule has 0 aliphatic heterocycles. The fraction of sp³-hybridized carbons (Fsp3) is 0.194. The molecule has 47 heavy (non-hydrogen) atoms. The summed E-state index contributed by atoms with van der Waals surface area (Å²) in [6, 6.07) is 17.6. The zero-order chi connectivity index (χ0) is 34.4. The zero-order valence-corrected chi connectivity index (χ0v) is 26.0. The first-order chi connectivity index (χ1) is 22.2. The normalized spacial score (nSPS) is 11.4. The molecule has 0 saturated carbocycles. The minimum Gasteiger partial charge on any atom is -0.475 e. The highest BCUT2D eigenvalue weighted by atomic mass is 32.2. The second kappa shape index (κ2) is 14.3. The number of anilines is 1. The minimum absolute atomic E-state index is 0.0519. The number of pyridine rings is 1. The molecule has 0 bridgehead atoms. The molecule has 0 fully saturated rings. The standard InChI is InChI=1S/C29H27N5O5S.C2HF3O2/c1-19-20(2)32-39-28(19)33-40(36,37)26-10-5-4-9-25(26)24-12-11-21(29-31-14-15-38-29)16-22(24)18-34(3)27(35)17-23-8-6-7-13-30-23;3-2(4,5)1(6)7/h4-16,33H,17-18H2,1-3H3;(H,6,7). The Kier molecular flexibility index (Phi) is 10.4. The second-order valence-corrected chi connectivity index (χ2v) is 11.7. The van der Waals surface area contributed by atoms with Gasteiger partial charge in [0.1, 0.15) is 6.26 Å². The molecule has 246 valence electrons. The number of hydrogen-bond donors (Lipinski definition) is 2. The van der Waals surface area contributed by atoms with E-state index in [2.05, 4.69) is 19.8 Å².